The summed E-state index contributed by atoms with van der Waals surface area (Å²) in [5.41, 5.74) is 7.35. The van der Waals surface area contributed by atoms with E-state index < -0.39 is 0 Å². The largest absolute Gasteiger partial charge is 0.481 e. The Hall–Kier alpha value is -2.33. The number of rotatable bonds is 5. The fourth-order valence-corrected chi connectivity index (χ4v) is 1.49. The molecule has 0 aliphatic rings. The van der Waals surface area contributed by atoms with E-state index >= 15 is 0 Å². The van der Waals surface area contributed by atoms with Crippen molar-refractivity contribution in [2.75, 3.05) is 21.2 Å². The normalized spacial score (nSPS) is 11.5. The van der Waals surface area contributed by atoms with E-state index in [9.17, 15) is 0 Å². The van der Waals surface area contributed by atoms with Crippen molar-refractivity contribution in [3.63, 3.8) is 0 Å². The van der Waals surface area contributed by atoms with Crippen LogP contribution in [0.5, 0.6) is 5.88 Å². The third-order valence-corrected chi connectivity index (χ3v) is 3.20. The van der Waals surface area contributed by atoms with Crippen LogP contribution in [0.15, 0.2) is 28.5 Å². The molecule has 0 atom stereocenters. The van der Waals surface area contributed by atoms with Crippen LogP contribution in [0.3, 0.4) is 0 Å². The highest BCUT2D eigenvalue weighted by Crippen LogP contribution is 2.08. The Bertz CT molecular complexity index is 613. The van der Waals surface area contributed by atoms with Crippen molar-refractivity contribution in [2.45, 2.75) is 6.92 Å². The number of aromatic nitrogens is 1. The summed E-state index contributed by atoms with van der Waals surface area (Å²) in [4.78, 5) is 4.17. The Morgan fingerprint density at radius 1 is 1.09 bits per heavy atom. The summed E-state index contributed by atoms with van der Waals surface area (Å²) in [6.07, 6.45) is 1.64. The van der Waals surface area contributed by atoms with E-state index in [1.54, 1.807) is 40.4 Å². The van der Waals surface area contributed by atoms with Gasteiger partial charge in [0.25, 0.3) is 0 Å². The lowest BCUT2D eigenvalue weighted by molar-refractivity contribution is 0.398. The maximum Gasteiger partial charge on any atom is 0.212 e. The molecule has 1 aromatic heterocycles. The van der Waals surface area contributed by atoms with Crippen molar-refractivity contribution in [2.24, 2.45) is 10.2 Å². The van der Waals surface area contributed by atoms with Gasteiger partial charge in [0.15, 0.2) is 10.2 Å². The number of hydrogen-bond donors (Lipinski definition) is 4. The second kappa shape index (κ2) is 9.64. The smallest absolute Gasteiger partial charge is 0.212 e. The van der Waals surface area contributed by atoms with E-state index in [1.807, 2.05) is 6.07 Å². The number of ether oxygens (including phenoxy) is 1. The summed E-state index contributed by atoms with van der Waals surface area (Å²) in [5, 5.41) is 14.8. The number of pyridine rings is 1. The van der Waals surface area contributed by atoms with Crippen molar-refractivity contribution in [1.82, 2.24) is 26.5 Å². The molecular weight excluding hydrogens is 334 g/mol. The Morgan fingerprint density at radius 2 is 1.70 bits per heavy atom. The topological polar surface area (TPSA) is 95.0 Å². The fraction of sp³-hybridized carbons (Fsp3) is 0.308. The zero-order valence-electron chi connectivity index (χ0n) is 13.3. The second-order valence-electron chi connectivity index (χ2n) is 4.13. The number of nitrogens with zero attached hydrogens (tertiary/aromatic N) is 3. The van der Waals surface area contributed by atoms with Gasteiger partial charge in [0, 0.05) is 31.9 Å². The van der Waals surface area contributed by atoms with E-state index in [-0.39, 0.29) is 0 Å². The summed E-state index contributed by atoms with van der Waals surface area (Å²) in [5.74, 6) is 0.510. The van der Waals surface area contributed by atoms with Gasteiger partial charge in [0.05, 0.1) is 12.8 Å². The number of hydrogen-bond acceptors (Lipinski definition) is 6. The van der Waals surface area contributed by atoms with Gasteiger partial charge in [0.2, 0.25) is 5.88 Å². The number of methoxy groups -OCH3 is 1. The SMILES string of the molecule is CNC(=S)N/N=C(C)/C(=N/NC(=S)NC)c1ccc(OC)nc1. The first-order valence-corrected chi connectivity index (χ1v) is 7.41. The van der Waals surface area contributed by atoms with E-state index in [0.29, 0.717) is 27.5 Å². The first-order chi connectivity index (χ1) is 11.0. The van der Waals surface area contributed by atoms with Gasteiger partial charge < -0.3 is 15.4 Å². The zero-order valence-corrected chi connectivity index (χ0v) is 14.9. The summed E-state index contributed by atoms with van der Waals surface area (Å²) in [7, 11) is 4.96. The molecular formula is C13H19N7OS2. The number of hydrazone groups is 2. The standard InChI is InChI=1S/C13H19N7OS2/c1-8(17-19-12(22)14-2)11(18-20-13(23)15-3)9-5-6-10(21-4)16-7-9/h5-7H,1-4H3,(H2,14,19,22)(H2,15,20,23)/b17-8+,18-11-. The molecule has 0 aliphatic carbocycles. The van der Waals surface area contributed by atoms with Crippen LogP contribution in [0.1, 0.15) is 12.5 Å². The first-order valence-electron chi connectivity index (χ1n) is 6.60. The van der Waals surface area contributed by atoms with Crippen LogP contribution in [-0.4, -0.2) is 47.8 Å². The average Bonchev–Trinajstić information content (AvgIpc) is 2.59. The van der Waals surface area contributed by atoms with Gasteiger partial charge >= 0.3 is 0 Å². The predicted molar refractivity (Wildman–Crippen MR) is 100 cm³/mol. The molecule has 10 heteroatoms. The Morgan fingerprint density at radius 3 is 2.17 bits per heavy atom. The molecule has 4 N–H and O–H groups in total. The Labute approximate surface area is 145 Å². The monoisotopic (exact) mass is 353 g/mol. The van der Waals surface area contributed by atoms with Gasteiger partial charge in [-0.3, -0.25) is 10.9 Å². The van der Waals surface area contributed by atoms with Crippen LogP contribution in [0, 0.1) is 0 Å². The average molecular weight is 353 g/mol. The van der Waals surface area contributed by atoms with Crippen molar-refractivity contribution >= 4 is 46.1 Å². The number of thiocarbonyl (C=S) groups is 2. The van der Waals surface area contributed by atoms with Crippen LogP contribution in [0.25, 0.3) is 0 Å². The van der Waals surface area contributed by atoms with Gasteiger partial charge in [-0.1, -0.05) is 0 Å². The second-order valence-corrected chi connectivity index (χ2v) is 4.95. The predicted octanol–water partition coefficient (Wildman–Crippen LogP) is 0.358. The highest BCUT2D eigenvalue weighted by Gasteiger charge is 2.10. The summed E-state index contributed by atoms with van der Waals surface area (Å²) in [6, 6.07) is 3.56. The first kappa shape index (κ1) is 18.7. The Kier molecular flexibility index (Phi) is 7.84. The van der Waals surface area contributed by atoms with Gasteiger partial charge in [-0.25, -0.2) is 4.98 Å². The number of nitrogens with one attached hydrogen (secondary N) is 4. The van der Waals surface area contributed by atoms with Crippen LogP contribution in [0.4, 0.5) is 0 Å². The minimum atomic E-state index is 0.385. The van der Waals surface area contributed by atoms with Crippen LogP contribution >= 0.6 is 24.4 Å². The molecule has 0 spiro atoms. The van der Waals surface area contributed by atoms with E-state index in [1.165, 1.54) is 0 Å². The van der Waals surface area contributed by atoms with Crippen LogP contribution in [-0.2, 0) is 0 Å². The fourth-order valence-electron chi connectivity index (χ4n) is 1.40. The molecule has 0 saturated heterocycles. The lowest BCUT2D eigenvalue weighted by Gasteiger charge is -2.09. The lowest BCUT2D eigenvalue weighted by Crippen LogP contribution is -2.32. The quantitative estimate of drug-likeness (QED) is 0.342. The van der Waals surface area contributed by atoms with E-state index in [4.69, 9.17) is 29.2 Å². The molecule has 0 radical (unpaired) electrons. The molecule has 23 heavy (non-hydrogen) atoms. The van der Waals surface area contributed by atoms with Crippen molar-refractivity contribution in [3.05, 3.63) is 23.9 Å². The molecule has 0 fully saturated rings. The maximum atomic E-state index is 5.05. The van der Waals surface area contributed by atoms with E-state index in [0.717, 1.165) is 5.56 Å². The molecule has 0 saturated carbocycles. The van der Waals surface area contributed by atoms with Crippen LogP contribution < -0.4 is 26.2 Å². The molecule has 0 bridgehead atoms. The third-order valence-electron chi connectivity index (χ3n) is 2.61. The maximum absolute atomic E-state index is 5.05. The Balaban J connectivity index is 3.09. The molecule has 1 rings (SSSR count). The van der Waals surface area contributed by atoms with Gasteiger partial charge in [-0.15, -0.1) is 0 Å². The lowest BCUT2D eigenvalue weighted by atomic mass is 10.1. The summed E-state index contributed by atoms with van der Waals surface area (Å²) in [6.45, 7) is 1.79. The highest BCUT2D eigenvalue weighted by atomic mass is 32.1. The van der Waals surface area contributed by atoms with Gasteiger partial charge in [-0.05, 0) is 37.4 Å². The van der Waals surface area contributed by atoms with Crippen LogP contribution in [0.2, 0.25) is 0 Å². The van der Waals surface area contributed by atoms with Crippen molar-refractivity contribution in [1.29, 1.82) is 0 Å². The van der Waals surface area contributed by atoms with Crippen molar-refractivity contribution < 1.29 is 4.74 Å². The summed E-state index contributed by atoms with van der Waals surface area (Å²) < 4.78 is 5.05. The van der Waals surface area contributed by atoms with Crippen molar-refractivity contribution in [3.8, 4) is 5.88 Å². The zero-order chi connectivity index (χ0) is 17.2. The molecule has 0 aliphatic heterocycles. The molecule has 0 aromatic carbocycles. The molecule has 0 unspecified atom stereocenters. The molecule has 0 amide bonds. The van der Waals surface area contributed by atoms with E-state index in [2.05, 4.69) is 36.7 Å². The minimum absolute atomic E-state index is 0.385. The molecule has 1 aromatic rings. The van der Waals surface area contributed by atoms with Gasteiger partial charge in [0.1, 0.15) is 5.71 Å². The highest BCUT2D eigenvalue weighted by molar-refractivity contribution is 7.80. The molecule has 8 nitrogen and oxygen atoms in total. The molecule has 124 valence electrons. The summed E-state index contributed by atoms with van der Waals surface area (Å²) >= 11 is 10.0. The minimum Gasteiger partial charge on any atom is -0.481 e. The van der Waals surface area contributed by atoms with Gasteiger partial charge in [-0.2, -0.15) is 10.2 Å². The molecule has 1 heterocycles. The third kappa shape index (κ3) is 6.12.